The number of hydrogen-bond donors (Lipinski definition) is 0. The van der Waals surface area contributed by atoms with Crippen molar-refractivity contribution >= 4 is 11.8 Å². The van der Waals surface area contributed by atoms with Crippen LogP contribution in [-0.2, 0) is 0 Å². The first-order valence-electron chi connectivity index (χ1n) is 7.57. The molecule has 19 heavy (non-hydrogen) atoms. The highest BCUT2D eigenvalue weighted by Crippen LogP contribution is 2.44. The number of rotatable bonds is 6. The summed E-state index contributed by atoms with van der Waals surface area (Å²) in [4.78, 5) is 0. The van der Waals surface area contributed by atoms with Gasteiger partial charge in [0.2, 0.25) is 0 Å². The van der Waals surface area contributed by atoms with Crippen LogP contribution < -0.4 is 0 Å². The number of allylic oxidation sites excluding steroid dienone is 4. The van der Waals surface area contributed by atoms with E-state index < -0.39 is 0 Å². The Bertz CT molecular complexity index is 367. The molecule has 1 saturated heterocycles. The Kier molecular flexibility index (Phi) is 6.46. The van der Waals surface area contributed by atoms with Crippen molar-refractivity contribution < 1.29 is 0 Å². The van der Waals surface area contributed by atoms with Gasteiger partial charge in [0.25, 0.3) is 0 Å². The van der Waals surface area contributed by atoms with E-state index in [1.54, 1.807) is 0 Å². The molecule has 0 nitrogen and oxygen atoms in total. The first-order valence-corrected chi connectivity index (χ1v) is 8.72. The predicted molar refractivity (Wildman–Crippen MR) is 90.8 cm³/mol. The quantitative estimate of drug-likeness (QED) is 0.524. The molecule has 0 unspecified atom stereocenters. The molecule has 0 aliphatic carbocycles. The summed E-state index contributed by atoms with van der Waals surface area (Å²) in [7, 11) is 0. The van der Waals surface area contributed by atoms with Crippen LogP contribution in [-0.4, -0.2) is 11.5 Å². The zero-order chi connectivity index (χ0) is 14.5. The van der Waals surface area contributed by atoms with Gasteiger partial charge < -0.3 is 0 Å². The van der Waals surface area contributed by atoms with E-state index in [0.717, 1.165) is 6.42 Å². The van der Waals surface area contributed by atoms with Gasteiger partial charge >= 0.3 is 0 Å². The third kappa shape index (κ3) is 4.27. The molecule has 0 spiro atoms. The second-order valence-corrected chi connectivity index (χ2v) is 7.26. The molecule has 1 aliphatic heterocycles. The second kappa shape index (κ2) is 7.38. The summed E-state index contributed by atoms with van der Waals surface area (Å²) < 4.78 is 0. The first kappa shape index (κ1) is 16.6. The van der Waals surface area contributed by atoms with Gasteiger partial charge in [0, 0.05) is 0 Å². The molecule has 0 bridgehead atoms. The minimum Gasteiger partial charge on any atom is -0.162 e. The van der Waals surface area contributed by atoms with E-state index in [1.165, 1.54) is 59.5 Å². The van der Waals surface area contributed by atoms with Crippen molar-refractivity contribution in [2.75, 3.05) is 11.5 Å². The Morgan fingerprint density at radius 3 is 2.11 bits per heavy atom. The fourth-order valence-electron chi connectivity index (χ4n) is 3.26. The molecule has 0 N–H and O–H groups in total. The van der Waals surface area contributed by atoms with Crippen LogP contribution in [0.1, 0.15) is 59.8 Å². The SMILES string of the molecule is C=C(C)/C(C(=C)CC)=C(/C)CC1(CC)CCSCC1. The van der Waals surface area contributed by atoms with Crippen molar-refractivity contribution in [3.8, 4) is 0 Å². The van der Waals surface area contributed by atoms with Crippen LogP contribution in [0.25, 0.3) is 0 Å². The van der Waals surface area contributed by atoms with Crippen LogP contribution >= 0.6 is 11.8 Å². The van der Waals surface area contributed by atoms with Crippen molar-refractivity contribution in [3.63, 3.8) is 0 Å². The van der Waals surface area contributed by atoms with Crippen molar-refractivity contribution in [2.45, 2.75) is 59.8 Å². The molecule has 108 valence electrons. The highest BCUT2D eigenvalue weighted by Gasteiger charge is 2.31. The Morgan fingerprint density at radius 2 is 1.68 bits per heavy atom. The van der Waals surface area contributed by atoms with Crippen LogP contribution in [0.4, 0.5) is 0 Å². The maximum Gasteiger partial charge on any atom is -0.00621 e. The lowest BCUT2D eigenvalue weighted by Crippen LogP contribution is -2.26. The molecule has 0 atom stereocenters. The van der Waals surface area contributed by atoms with E-state index in [4.69, 9.17) is 0 Å². The average molecular weight is 279 g/mol. The van der Waals surface area contributed by atoms with Gasteiger partial charge in [0.1, 0.15) is 0 Å². The molecule has 1 heteroatoms. The number of thioether (sulfide) groups is 1. The predicted octanol–water partition coefficient (Wildman–Crippen LogP) is 6.16. The fraction of sp³-hybridized carbons (Fsp3) is 0.667. The molecule has 0 saturated carbocycles. The first-order chi connectivity index (χ1) is 8.95. The Balaban J connectivity index is 2.98. The van der Waals surface area contributed by atoms with Crippen LogP contribution in [0, 0.1) is 5.41 Å². The molecular formula is C18H30S. The normalized spacial score (nSPS) is 19.8. The van der Waals surface area contributed by atoms with Gasteiger partial charge in [0.15, 0.2) is 0 Å². The van der Waals surface area contributed by atoms with Crippen LogP contribution in [0.3, 0.4) is 0 Å². The minimum absolute atomic E-state index is 0.532. The average Bonchev–Trinajstić information content (AvgIpc) is 2.39. The molecule has 1 rings (SSSR count). The Labute approximate surface area is 124 Å². The van der Waals surface area contributed by atoms with Crippen molar-refractivity contribution in [2.24, 2.45) is 5.41 Å². The highest BCUT2D eigenvalue weighted by atomic mass is 32.2. The lowest BCUT2D eigenvalue weighted by Gasteiger charge is -2.37. The van der Waals surface area contributed by atoms with Gasteiger partial charge in [-0.25, -0.2) is 0 Å². The monoisotopic (exact) mass is 278 g/mol. The van der Waals surface area contributed by atoms with E-state index in [1.807, 2.05) is 0 Å². The Morgan fingerprint density at radius 1 is 1.11 bits per heavy atom. The third-order valence-electron chi connectivity index (χ3n) is 4.58. The van der Waals surface area contributed by atoms with Gasteiger partial charge in [-0.2, -0.15) is 11.8 Å². The van der Waals surface area contributed by atoms with Gasteiger partial charge in [-0.3, -0.25) is 0 Å². The van der Waals surface area contributed by atoms with Gasteiger partial charge in [0.05, 0.1) is 0 Å². The van der Waals surface area contributed by atoms with Crippen molar-refractivity contribution in [1.29, 1.82) is 0 Å². The third-order valence-corrected chi connectivity index (χ3v) is 5.56. The summed E-state index contributed by atoms with van der Waals surface area (Å²) in [5.41, 5.74) is 5.83. The minimum atomic E-state index is 0.532. The van der Waals surface area contributed by atoms with E-state index in [0.29, 0.717) is 5.41 Å². The molecular weight excluding hydrogens is 248 g/mol. The molecule has 0 radical (unpaired) electrons. The van der Waals surface area contributed by atoms with Crippen LogP contribution in [0.5, 0.6) is 0 Å². The Hall–Kier alpha value is -0.430. The molecule has 0 amide bonds. The van der Waals surface area contributed by atoms with E-state index in [9.17, 15) is 0 Å². The molecule has 0 aromatic heterocycles. The summed E-state index contributed by atoms with van der Waals surface area (Å²) in [6.07, 6.45) is 6.29. The standard InChI is InChI=1S/C18H30S/c1-7-15(5)17(14(3)4)16(6)13-18(8-2)9-11-19-12-10-18/h3,5,7-13H2,1-2,4,6H3/b17-16+. The second-order valence-electron chi connectivity index (χ2n) is 6.04. The zero-order valence-corrected chi connectivity index (χ0v) is 14.1. The lowest BCUT2D eigenvalue weighted by atomic mass is 9.73. The molecule has 1 heterocycles. The zero-order valence-electron chi connectivity index (χ0n) is 13.3. The summed E-state index contributed by atoms with van der Waals surface area (Å²) in [5.74, 6) is 2.66. The summed E-state index contributed by atoms with van der Waals surface area (Å²) >= 11 is 2.11. The van der Waals surface area contributed by atoms with Gasteiger partial charge in [-0.15, -0.1) is 0 Å². The maximum absolute atomic E-state index is 4.23. The van der Waals surface area contributed by atoms with Crippen LogP contribution in [0.15, 0.2) is 35.5 Å². The van der Waals surface area contributed by atoms with Gasteiger partial charge in [-0.1, -0.05) is 44.6 Å². The molecule has 0 aromatic rings. The summed E-state index contributed by atoms with van der Waals surface area (Å²) in [5, 5.41) is 0. The van der Waals surface area contributed by atoms with E-state index in [2.05, 4.69) is 52.6 Å². The smallest absolute Gasteiger partial charge is 0.00621 e. The van der Waals surface area contributed by atoms with E-state index >= 15 is 0 Å². The van der Waals surface area contributed by atoms with E-state index in [-0.39, 0.29) is 0 Å². The summed E-state index contributed by atoms with van der Waals surface area (Å²) in [6.45, 7) is 17.4. The number of hydrogen-bond acceptors (Lipinski definition) is 1. The fourth-order valence-corrected chi connectivity index (χ4v) is 4.61. The highest BCUT2D eigenvalue weighted by molar-refractivity contribution is 7.99. The van der Waals surface area contributed by atoms with Crippen LogP contribution in [0.2, 0.25) is 0 Å². The van der Waals surface area contributed by atoms with Gasteiger partial charge in [-0.05, 0) is 67.6 Å². The topological polar surface area (TPSA) is 0 Å². The largest absolute Gasteiger partial charge is 0.162 e. The van der Waals surface area contributed by atoms with Crippen molar-refractivity contribution in [3.05, 3.63) is 35.5 Å². The molecule has 1 aliphatic rings. The molecule has 0 aromatic carbocycles. The maximum atomic E-state index is 4.23. The lowest BCUT2D eigenvalue weighted by molar-refractivity contribution is 0.246. The van der Waals surface area contributed by atoms with Crippen molar-refractivity contribution in [1.82, 2.24) is 0 Å². The molecule has 1 fully saturated rings. The summed E-state index contributed by atoms with van der Waals surface area (Å²) in [6, 6.07) is 0.